The maximum atomic E-state index is 12.5. The Kier molecular flexibility index (Phi) is 6.77. The molecule has 2 heterocycles. The van der Waals surface area contributed by atoms with E-state index in [9.17, 15) is 9.59 Å². The van der Waals surface area contributed by atoms with Gasteiger partial charge in [-0.15, -0.1) is 11.3 Å². The molecule has 5 nitrogen and oxygen atoms in total. The molecule has 160 valence electrons. The zero-order valence-electron chi connectivity index (χ0n) is 17.8. The third kappa shape index (κ3) is 5.58. The molecule has 0 saturated carbocycles. The SMILES string of the molecule is Cc1ccc(-c2nc(CC(=O)NCCCC(=O)N3CCc4ccccc4C3)cs2)cc1. The first-order valence-electron chi connectivity index (χ1n) is 10.7. The number of carbonyl (C=O) groups excluding carboxylic acids is 2. The minimum absolute atomic E-state index is 0.0555. The highest BCUT2D eigenvalue weighted by atomic mass is 32.1. The Labute approximate surface area is 187 Å². The molecule has 0 radical (unpaired) electrons. The number of carbonyl (C=O) groups is 2. The summed E-state index contributed by atoms with van der Waals surface area (Å²) >= 11 is 1.55. The van der Waals surface area contributed by atoms with Crippen molar-refractivity contribution in [1.82, 2.24) is 15.2 Å². The predicted octanol–water partition coefficient (Wildman–Crippen LogP) is 4.14. The number of aryl methyl sites for hydroxylation is 1. The van der Waals surface area contributed by atoms with E-state index in [2.05, 4.69) is 53.6 Å². The summed E-state index contributed by atoms with van der Waals surface area (Å²) in [6.45, 7) is 4.02. The molecule has 0 fully saturated rings. The summed E-state index contributed by atoms with van der Waals surface area (Å²) in [7, 11) is 0. The highest BCUT2D eigenvalue weighted by Gasteiger charge is 2.19. The average Bonchev–Trinajstić information content (AvgIpc) is 3.25. The van der Waals surface area contributed by atoms with Crippen molar-refractivity contribution in [2.75, 3.05) is 13.1 Å². The Balaban J connectivity index is 1.18. The van der Waals surface area contributed by atoms with E-state index in [1.807, 2.05) is 22.4 Å². The summed E-state index contributed by atoms with van der Waals surface area (Å²) in [6.07, 6.45) is 2.28. The van der Waals surface area contributed by atoms with E-state index in [1.165, 1.54) is 16.7 Å². The summed E-state index contributed by atoms with van der Waals surface area (Å²) in [5.74, 6) is 0.103. The van der Waals surface area contributed by atoms with Gasteiger partial charge >= 0.3 is 0 Å². The molecule has 1 aliphatic heterocycles. The normalized spacial score (nSPS) is 13.0. The monoisotopic (exact) mass is 433 g/mol. The number of thiazole rings is 1. The van der Waals surface area contributed by atoms with E-state index in [1.54, 1.807) is 11.3 Å². The average molecular weight is 434 g/mol. The fourth-order valence-electron chi connectivity index (χ4n) is 3.78. The molecule has 6 heteroatoms. The highest BCUT2D eigenvalue weighted by Crippen LogP contribution is 2.24. The van der Waals surface area contributed by atoms with Crippen molar-refractivity contribution in [3.05, 3.63) is 76.3 Å². The molecular weight excluding hydrogens is 406 g/mol. The Morgan fingerprint density at radius 1 is 1.10 bits per heavy atom. The van der Waals surface area contributed by atoms with Gasteiger partial charge in [0.2, 0.25) is 11.8 Å². The van der Waals surface area contributed by atoms with Gasteiger partial charge in [0, 0.05) is 37.0 Å². The summed E-state index contributed by atoms with van der Waals surface area (Å²) in [5, 5.41) is 5.78. The molecular formula is C25H27N3O2S. The maximum absolute atomic E-state index is 12.5. The van der Waals surface area contributed by atoms with Gasteiger partial charge in [0.15, 0.2) is 0 Å². The third-order valence-corrected chi connectivity index (χ3v) is 6.51. The van der Waals surface area contributed by atoms with E-state index in [0.717, 1.165) is 29.2 Å². The van der Waals surface area contributed by atoms with E-state index in [0.29, 0.717) is 25.9 Å². The zero-order valence-corrected chi connectivity index (χ0v) is 18.6. The van der Waals surface area contributed by atoms with Gasteiger partial charge in [-0.1, -0.05) is 54.1 Å². The van der Waals surface area contributed by atoms with E-state index in [4.69, 9.17) is 0 Å². The molecule has 1 N–H and O–H groups in total. The van der Waals surface area contributed by atoms with Gasteiger partial charge in [-0.25, -0.2) is 4.98 Å². The van der Waals surface area contributed by atoms with E-state index in [-0.39, 0.29) is 18.2 Å². The molecule has 31 heavy (non-hydrogen) atoms. The van der Waals surface area contributed by atoms with Gasteiger partial charge in [-0.2, -0.15) is 0 Å². The van der Waals surface area contributed by atoms with Gasteiger partial charge in [-0.05, 0) is 30.9 Å². The van der Waals surface area contributed by atoms with Gasteiger partial charge in [0.25, 0.3) is 0 Å². The van der Waals surface area contributed by atoms with Crippen LogP contribution in [-0.2, 0) is 29.0 Å². The standard InChI is InChI=1S/C25H27N3O2S/c1-18-8-10-20(11-9-18)25-27-22(17-31-25)15-23(29)26-13-4-7-24(30)28-14-12-19-5-2-3-6-21(19)16-28/h2-3,5-6,8-11,17H,4,7,12-16H2,1H3,(H,26,29). The lowest BCUT2D eigenvalue weighted by Crippen LogP contribution is -2.36. The molecule has 0 aliphatic carbocycles. The fraction of sp³-hybridized carbons (Fsp3) is 0.320. The molecule has 0 saturated heterocycles. The number of nitrogens with one attached hydrogen (secondary N) is 1. The zero-order chi connectivity index (χ0) is 21.6. The third-order valence-electron chi connectivity index (χ3n) is 5.56. The number of fused-ring (bicyclic) bond motifs is 1. The van der Waals surface area contributed by atoms with E-state index < -0.39 is 0 Å². The van der Waals surface area contributed by atoms with Crippen LogP contribution in [0.4, 0.5) is 0 Å². The second kappa shape index (κ2) is 9.88. The summed E-state index contributed by atoms with van der Waals surface area (Å²) in [6, 6.07) is 16.5. The van der Waals surface area contributed by atoms with E-state index >= 15 is 0 Å². The molecule has 2 amide bonds. The topological polar surface area (TPSA) is 62.3 Å². The van der Waals surface area contributed by atoms with Crippen LogP contribution in [-0.4, -0.2) is 34.8 Å². The summed E-state index contributed by atoms with van der Waals surface area (Å²) < 4.78 is 0. The number of rotatable bonds is 7. The van der Waals surface area contributed by atoms with Crippen molar-refractivity contribution in [2.24, 2.45) is 0 Å². The van der Waals surface area contributed by atoms with Crippen LogP contribution in [0, 0.1) is 6.92 Å². The van der Waals surface area contributed by atoms with Gasteiger partial charge in [0.05, 0.1) is 12.1 Å². The first-order chi connectivity index (χ1) is 15.1. The van der Waals surface area contributed by atoms with Gasteiger partial charge in [0.1, 0.15) is 5.01 Å². The Bertz CT molecular complexity index is 1060. The number of aromatic nitrogens is 1. The van der Waals surface area contributed by atoms with Crippen molar-refractivity contribution in [3.8, 4) is 10.6 Å². The fourth-order valence-corrected chi connectivity index (χ4v) is 4.60. The molecule has 0 atom stereocenters. The second-order valence-electron chi connectivity index (χ2n) is 7.97. The van der Waals surface area contributed by atoms with Crippen LogP contribution in [0.2, 0.25) is 0 Å². The second-order valence-corrected chi connectivity index (χ2v) is 8.83. The van der Waals surface area contributed by atoms with Crippen LogP contribution in [0.1, 0.15) is 35.2 Å². The molecule has 0 bridgehead atoms. The van der Waals surface area contributed by atoms with Crippen molar-refractivity contribution in [3.63, 3.8) is 0 Å². The lowest BCUT2D eigenvalue weighted by molar-refractivity contribution is -0.132. The first-order valence-corrected chi connectivity index (χ1v) is 11.6. The molecule has 0 spiro atoms. The van der Waals surface area contributed by atoms with Gasteiger partial charge in [-0.3, -0.25) is 9.59 Å². The van der Waals surface area contributed by atoms with Crippen LogP contribution < -0.4 is 5.32 Å². The number of nitrogens with zero attached hydrogens (tertiary/aromatic N) is 2. The van der Waals surface area contributed by atoms with Crippen LogP contribution in [0.25, 0.3) is 10.6 Å². The van der Waals surface area contributed by atoms with Crippen molar-refractivity contribution in [2.45, 2.75) is 39.2 Å². The smallest absolute Gasteiger partial charge is 0.226 e. The van der Waals surface area contributed by atoms with Crippen molar-refractivity contribution >= 4 is 23.2 Å². The van der Waals surface area contributed by atoms with Crippen molar-refractivity contribution < 1.29 is 9.59 Å². The number of benzene rings is 2. The molecule has 2 aromatic carbocycles. The summed E-state index contributed by atoms with van der Waals surface area (Å²) in [4.78, 5) is 31.3. The minimum atomic E-state index is -0.0555. The van der Waals surface area contributed by atoms with Crippen LogP contribution in [0.15, 0.2) is 53.9 Å². The maximum Gasteiger partial charge on any atom is 0.226 e. The highest BCUT2D eigenvalue weighted by molar-refractivity contribution is 7.13. The molecule has 4 rings (SSSR count). The molecule has 3 aromatic rings. The first kappa shape index (κ1) is 21.2. The quantitative estimate of drug-likeness (QED) is 0.570. The number of amides is 2. The van der Waals surface area contributed by atoms with Gasteiger partial charge < -0.3 is 10.2 Å². The van der Waals surface area contributed by atoms with Crippen LogP contribution in [0.3, 0.4) is 0 Å². The predicted molar refractivity (Wildman–Crippen MR) is 124 cm³/mol. The van der Waals surface area contributed by atoms with Crippen LogP contribution in [0.5, 0.6) is 0 Å². The largest absolute Gasteiger partial charge is 0.356 e. The number of hydrogen-bond acceptors (Lipinski definition) is 4. The molecule has 1 aromatic heterocycles. The molecule has 0 unspecified atom stereocenters. The Morgan fingerprint density at radius 3 is 2.68 bits per heavy atom. The Morgan fingerprint density at radius 2 is 1.87 bits per heavy atom. The molecule has 1 aliphatic rings. The van der Waals surface area contributed by atoms with Crippen molar-refractivity contribution in [1.29, 1.82) is 0 Å². The summed E-state index contributed by atoms with van der Waals surface area (Å²) in [5.41, 5.74) is 5.64. The lowest BCUT2D eigenvalue weighted by atomic mass is 9.99. The number of hydrogen-bond donors (Lipinski definition) is 1. The Hall–Kier alpha value is -2.99. The minimum Gasteiger partial charge on any atom is -0.356 e. The lowest BCUT2D eigenvalue weighted by Gasteiger charge is -2.29. The van der Waals surface area contributed by atoms with Crippen LogP contribution >= 0.6 is 11.3 Å².